The Balaban J connectivity index is 2.04. The van der Waals surface area contributed by atoms with E-state index in [2.05, 4.69) is 12.1 Å². The number of carbonyl (C=O) groups is 1. The van der Waals surface area contributed by atoms with Crippen molar-refractivity contribution < 1.29 is 14.6 Å². The molecule has 1 aliphatic heterocycles. The summed E-state index contributed by atoms with van der Waals surface area (Å²) in [5, 5.41) is 8.53. The quantitative estimate of drug-likeness (QED) is 0.815. The molecule has 17 heavy (non-hydrogen) atoms. The molecule has 0 aliphatic carbocycles. The van der Waals surface area contributed by atoms with Crippen LogP contribution in [0.5, 0.6) is 0 Å². The summed E-state index contributed by atoms with van der Waals surface area (Å²) in [5.74, 6) is -0.434. The zero-order valence-corrected chi connectivity index (χ0v) is 9.63. The molecule has 1 heterocycles. The van der Waals surface area contributed by atoms with E-state index in [0.29, 0.717) is 5.92 Å². The second-order valence-corrected chi connectivity index (χ2v) is 4.25. The van der Waals surface area contributed by atoms with Crippen molar-refractivity contribution in [3.05, 3.63) is 41.5 Å². The van der Waals surface area contributed by atoms with Crippen LogP contribution in [0.4, 0.5) is 0 Å². The van der Waals surface area contributed by atoms with Crippen LogP contribution in [0.2, 0.25) is 0 Å². The van der Waals surface area contributed by atoms with Gasteiger partial charge < -0.3 is 9.84 Å². The Bertz CT molecular complexity index is 400. The van der Waals surface area contributed by atoms with Crippen molar-refractivity contribution in [2.24, 2.45) is 0 Å². The van der Waals surface area contributed by atoms with Gasteiger partial charge in [-0.05, 0) is 30.0 Å². The third kappa shape index (κ3) is 3.43. The predicted octanol–water partition coefficient (Wildman–Crippen LogP) is 2.68. The summed E-state index contributed by atoms with van der Waals surface area (Å²) in [4.78, 5) is 10.4. The molecule has 1 aliphatic rings. The molecule has 0 aromatic heterocycles. The number of ether oxygens (including phenoxy) is 1. The zero-order chi connectivity index (χ0) is 12.1. The molecule has 1 aromatic rings. The highest BCUT2D eigenvalue weighted by molar-refractivity contribution is 5.85. The summed E-state index contributed by atoms with van der Waals surface area (Å²) >= 11 is 0. The van der Waals surface area contributed by atoms with Crippen molar-refractivity contribution in [1.29, 1.82) is 0 Å². The Kier molecular flexibility index (Phi) is 3.94. The van der Waals surface area contributed by atoms with Crippen molar-refractivity contribution in [2.75, 3.05) is 13.2 Å². The lowest BCUT2D eigenvalue weighted by Gasteiger charge is -2.22. The highest BCUT2D eigenvalue weighted by Crippen LogP contribution is 2.25. The minimum absolute atomic E-state index is 0.487. The van der Waals surface area contributed by atoms with Crippen LogP contribution in [-0.2, 0) is 9.53 Å². The van der Waals surface area contributed by atoms with Gasteiger partial charge in [0.05, 0.1) is 6.61 Å². The van der Waals surface area contributed by atoms with Crippen LogP contribution in [0, 0.1) is 0 Å². The molecule has 1 saturated heterocycles. The van der Waals surface area contributed by atoms with Crippen LogP contribution >= 0.6 is 0 Å². The molecule has 0 bridgehead atoms. The predicted molar refractivity (Wildman–Crippen MR) is 65.9 cm³/mol. The molecule has 0 amide bonds. The minimum Gasteiger partial charge on any atom is -0.478 e. The topological polar surface area (TPSA) is 46.5 Å². The number of rotatable bonds is 3. The highest BCUT2D eigenvalue weighted by atomic mass is 16.5. The average molecular weight is 232 g/mol. The van der Waals surface area contributed by atoms with Crippen LogP contribution in [0.15, 0.2) is 30.3 Å². The summed E-state index contributed by atoms with van der Waals surface area (Å²) in [6, 6.07) is 8.01. The molecular formula is C14H16O3. The normalized spacial score (nSPS) is 20.6. The van der Waals surface area contributed by atoms with E-state index in [1.807, 2.05) is 12.1 Å². The first-order valence-electron chi connectivity index (χ1n) is 5.84. The van der Waals surface area contributed by atoms with Crippen LogP contribution in [0.1, 0.15) is 29.9 Å². The first-order chi connectivity index (χ1) is 8.25. The number of hydrogen-bond donors (Lipinski definition) is 1. The van der Waals surface area contributed by atoms with Gasteiger partial charge in [0.2, 0.25) is 0 Å². The van der Waals surface area contributed by atoms with Crippen molar-refractivity contribution in [3.8, 4) is 0 Å². The van der Waals surface area contributed by atoms with E-state index in [4.69, 9.17) is 9.84 Å². The van der Waals surface area contributed by atoms with E-state index in [9.17, 15) is 4.79 Å². The van der Waals surface area contributed by atoms with Crippen LogP contribution in [0.3, 0.4) is 0 Å². The molecule has 1 atom stereocenters. The average Bonchev–Trinajstić information content (AvgIpc) is 2.38. The molecular weight excluding hydrogens is 216 g/mol. The van der Waals surface area contributed by atoms with Gasteiger partial charge in [0, 0.05) is 18.6 Å². The van der Waals surface area contributed by atoms with Gasteiger partial charge >= 0.3 is 5.97 Å². The Labute approximate surface area is 101 Å². The lowest BCUT2D eigenvalue weighted by Crippen LogP contribution is -2.15. The van der Waals surface area contributed by atoms with Gasteiger partial charge in [0.25, 0.3) is 0 Å². The molecule has 0 saturated carbocycles. The molecule has 2 rings (SSSR count). The maximum atomic E-state index is 10.4. The number of carboxylic acid groups (broad SMARTS) is 1. The van der Waals surface area contributed by atoms with E-state index in [0.717, 1.165) is 31.3 Å². The fraction of sp³-hybridized carbons (Fsp3) is 0.357. The van der Waals surface area contributed by atoms with Gasteiger partial charge in [0.1, 0.15) is 0 Å². The Morgan fingerprint density at radius 3 is 2.71 bits per heavy atom. The third-order valence-electron chi connectivity index (χ3n) is 2.99. The summed E-state index contributed by atoms with van der Waals surface area (Å²) in [5.41, 5.74) is 2.19. The van der Waals surface area contributed by atoms with E-state index in [1.54, 1.807) is 6.08 Å². The molecule has 1 fully saturated rings. The summed E-state index contributed by atoms with van der Waals surface area (Å²) in [6.45, 7) is 1.67. The number of carboxylic acids is 1. The van der Waals surface area contributed by atoms with Gasteiger partial charge in [-0.15, -0.1) is 0 Å². The van der Waals surface area contributed by atoms with E-state index in [-0.39, 0.29) is 0 Å². The van der Waals surface area contributed by atoms with E-state index < -0.39 is 5.97 Å². The maximum Gasteiger partial charge on any atom is 0.328 e. The smallest absolute Gasteiger partial charge is 0.328 e. The van der Waals surface area contributed by atoms with Crippen molar-refractivity contribution in [1.82, 2.24) is 0 Å². The minimum atomic E-state index is -0.922. The Morgan fingerprint density at radius 2 is 2.12 bits per heavy atom. The van der Waals surface area contributed by atoms with Gasteiger partial charge in [-0.2, -0.15) is 0 Å². The Morgan fingerprint density at radius 1 is 1.35 bits per heavy atom. The molecule has 1 aromatic carbocycles. The third-order valence-corrected chi connectivity index (χ3v) is 2.99. The highest BCUT2D eigenvalue weighted by Gasteiger charge is 2.15. The summed E-state index contributed by atoms with van der Waals surface area (Å²) in [6.07, 6.45) is 5.04. The van der Waals surface area contributed by atoms with Crippen molar-refractivity contribution in [3.63, 3.8) is 0 Å². The van der Waals surface area contributed by atoms with E-state index in [1.165, 1.54) is 12.0 Å². The van der Waals surface area contributed by atoms with Gasteiger partial charge in [0.15, 0.2) is 0 Å². The maximum absolute atomic E-state index is 10.4. The number of benzene rings is 1. The fourth-order valence-electron chi connectivity index (χ4n) is 2.05. The zero-order valence-electron chi connectivity index (χ0n) is 9.63. The Hall–Kier alpha value is -1.61. The van der Waals surface area contributed by atoms with Gasteiger partial charge in [-0.1, -0.05) is 24.3 Å². The molecule has 3 heteroatoms. The molecule has 1 unspecified atom stereocenters. The summed E-state index contributed by atoms with van der Waals surface area (Å²) in [7, 11) is 0. The molecule has 0 radical (unpaired) electrons. The standard InChI is InChI=1S/C14H16O3/c15-14(16)8-5-11-3-6-12(7-4-11)13-2-1-9-17-10-13/h3-8,13H,1-2,9-10H2,(H,15,16). The fourth-order valence-corrected chi connectivity index (χ4v) is 2.05. The van der Waals surface area contributed by atoms with Crippen LogP contribution in [-0.4, -0.2) is 24.3 Å². The largest absolute Gasteiger partial charge is 0.478 e. The van der Waals surface area contributed by atoms with Crippen molar-refractivity contribution >= 4 is 12.0 Å². The number of aliphatic carboxylic acids is 1. The first-order valence-corrected chi connectivity index (χ1v) is 5.84. The number of hydrogen-bond acceptors (Lipinski definition) is 2. The lowest BCUT2D eigenvalue weighted by molar-refractivity contribution is -0.131. The van der Waals surface area contributed by atoms with E-state index >= 15 is 0 Å². The molecule has 3 nitrogen and oxygen atoms in total. The molecule has 0 spiro atoms. The second kappa shape index (κ2) is 5.64. The van der Waals surface area contributed by atoms with Gasteiger partial charge in [-0.3, -0.25) is 0 Å². The summed E-state index contributed by atoms with van der Waals surface area (Å²) < 4.78 is 5.45. The second-order valence-electron chi connectivity index (χ2n) is 4.25. The molecule has 90 valence electrons. The van der Waals surface area contributed by atoms with Crippen LogP contribution in [0.25, 0.3) is 6.08 Å². The van der Waals surface area contributed by atoms with Gasteiger partial charge in [-0.25, -0.2) is 4.79 Å². The van der Waals surface area contributed by atoms with Crippen molar-refractivity contribution in [2.45, 2.75) is 18.8 Å². The SMILES string of the molecule is O=C(O)C=Cc1ccc(C2CCCOC2)cc1. The molecule has 1 N–H and O–H groups in total. The lowest BCUT2D eigenvalue weighted by atomic mass is 9.93. The van der Waals surface area contributed by atoms with Crippen LogP contribution < -0.4 is 0 Å². The monoisotopic (exact) mass is 232 g/mol. The first kappa shape index (κ1) is 11.9.